The molecule has 1 unspecified atom stereocenters. The third-order valence-corrected chi connectivity index (χ3v) is 5.69. The monoisotopic (exact) mass is 304 g/mol. The van der Waals surface area contributed by atoms with Gasteiger partial charge in [0.1, 0.15) is 0 Å². The van der Waals surface area contributed by atoms with E-state index in [1.54, 1.807) is 0 Å². The van der Waals surface area contributed by atoms with E-state index in [0.29, 0.717) is 5.92 Å². The van der Waals surface area contributed by atoms with Crippen LogP contribution in [0.1, 0.15) is 37.7 Å². The molecule has 0 radical (unpaired) electrons. The Kier molecular flexibility index (Phi) is 4.86. The Bertz CT molecular complexity index is 483. The Morgan fingerprint density at radius 3 is 2.81 bits per heavy atom. The standard InChI is InChI=1S/C17H24N2OS/c1-14(15-5-3-2-4-6-15)7-10-18-16-19-17(13-21-16)8-11-20-12-9-17/h2-6,14H,7-13H2,1H3,(H,18,19). The van der Waals surface area contributed by atoms with Crippen molar-refractivity contribution in [3.05, 3.63) is 35.9 Å². The molecular weight excluding hydrogens is 280 g/mol. The van der Waals surface area contributed by atoms with Crippen LogP contribution in [0.15, 0.2) is 35.3 Å². The van der Waals surface area contributed by atoms with E-state index < -0.39 is 0 Å². The quantitative estimate of drug-likeness (QED) is 0.925. The molecule has 3 rings (SSSR count). The van der Waals surface area contributed by atoms with Crippen LogP contribution in [0.5, 0.6) is 0 Å². The van der Waals surface area contributed by atoms with Crippen LogP contribution < -0.4 is 5.32 Å². The van der Waals surface area contributed by atoms with Crippen molar-refractivity contribution in [2.75, 3.05) is 25.5 Å². The minimum absolute atomic E-state index is 0.257. The van der Waals surface area contributed by atoms with Crippen LogP contribution in [0, 0.1) is 0 Å². The van der Waals surface area contributed by atoms with Crippen molar-refractivity contribution in [2.24, 2.45) is 4.99 Å². The molecule has 0 saturated carbocycles. The lowest BCUT2D eigenvalue weighted by Crippen LogP contribution is -2.48. The number of hydrogen-bond acceptors (Lipinski definition) is 3. The van der Waals surface area contributed by atoms with E-state index >= 15 is 0 Å². The average Bonchev–Trinajstić information content (AvgIpc) is 2.91. The summed E-state index contributed by atoms with van der Waals surface area (Å²) >= 11 is 1.88. The number of ether oxygens (including phenoxy) is 1. The number of nitrogens with one attached hydrogen (secondary N) is 1. The second kappa shape index (κ2) is 6.84. The summed E-state index contributed by atoms with van der Waals surface area (Å²) in [4.78, 5) is 4.77. The summed E-state index contributed by atoms with van der Waals surface area (Å²) in [7, 11) is 0. The molecule has 1 spiro atoms. The van der Waals surface area contributed by atoms with Gasteiger partial charge in [-0.25, -0.2) is 0 Å². The average molecular weight is 304 g/mol. The minimum Gasteiger partial charge on any atom is -0.381 e. The molecule has 3 nitrogen and oxygen atoms in total. The molecule has 1 atom stereocenters. The minimum atomic E-state index is 0.257. The van der Waals surface area contributed by atoms with E-state index in [0.717, 1.165) is 49.9 Å². The lowest BCUT2D eigenvalue weighted by atomic mass is 9.93. The maximum atomic E-state index is 5.46. The van der Waals surface area contributed by atoms with E-state index in [1.807, 2.05) is 11.8 Å². The summed E-state index contributed by atoms with van der Waals surface area (Å²) in [5.41, 5.74) is 1.66. The van der Waals surface area contributed by atoms with Gasteiger partial charge in [0.15, 0.2) is 5.17 Å². The van der Waals surface area contributed by atoms with Gasteiger partial charge in [0, 0.05) is 25.5 Å². The zero-order chi connectivity index (χ0) is 14.5. The Labute approximate surface area is 131 Å². The summed E-state index contributed by atoms with van der Waals surface area (Å²) in [5.74, 6) is 1.71. The molecule has 1 N–H and O–H groups in total. The number of nitrogens with zero attached hydrogens (tertiary/aromatic N) is 1. The third-order valence-electron chi connectivity index (χ3n) is 4.49. The lowest BCUT2D eigenvalue weighted by molar-refractivity contribution is 0.0555. The molecule has 4 heteroatoms. The molecule has 2 saturated heterocycles. The van der Waals surface area contributed by atoms with Gasteiger partial charge in [0.05, 0.1) is 5.54 Å². The predicted molar refractivity (Wildman–Crippen MR) is 90.2 cm³/mol. The van der Waals surface area contributed by atoms with Crippen molar-refractivity contribution in [1.82, 2.24) is 5.32 Å². The molecule has 0 amide bonds. The molecule has 0 aromatic heterocycles. The lowest BCUT2D eigenvalue weighted by Gasteiger charge is -2.32. The van der Waals surface area contributed by atoms with Gasteiger partial charge in [-0.05, 0) is 30.7 Å². The van der Waals surface area contributed by atoms with E-state index in [2.05, 4.69) is 42.6 Å². The number of hydrogen-bond donors (Lipinski definition) is 1. The van der Waals surface area contributed by atoms with E-state index in [9.17, 15) is 0 Å². The highest BCUT2D eigenvalue weighted by Crippen LogP contribution is 2.31. The molecule has 0 aliphatic carbocycles. The molecule has 0 bridgehead atoms. The molecule has 21 heavy (non-hydrogen) atoms. The summed E-state index contributed by atoms with van der Waals surface area (Å²) in [6, 6.07) is 10.7. The Morgan fingerprint density at radius 2 is 2.05 bits per heavy atom. The summed E-state index contributed by atoms with van der Waals surface area (Å²) in [6.07, 6.45) is 3.32. The normalized spacial score (nSPS) is 24.1. The van der Waals surface area contributed by atoms with Crippen molar-refractivity contribution in [1.29, 1.82) is 0 Å². The first-order valence-electron chi connectivity index (χ1n) is 7.86. The smallest absolute Gasteiger partial charge is 0.157 e. The van der Waals surface area contributed by atoms with Crippen molar-refractivity contribution >= 4 is 16.9 Å². The predicted octanol–water partition coefficient (Wildman–Crippen LogP) is 3.42. The number of benzene rings is 1. The van der Waals surface area contributed by atoms with Crippen LogP contribution in [0.2, 0.25) is 0 Å². The first kappa shape index (κ1) is 14.9. The SMILES string of the molecule is CC(CCN=C1NC2(CCOCC2)CS1)c1ccccc1. The Morgan fingerprint density at radius 1 is 1.29 bits per heavy atom. The zero-order valence-electron chi connectivity index (χ0n) is 12.7. The molecule has 2 aliphatic heterocycles. The highest BCUT2D eigenvalue weighted by atomic mass is 32.2. The van der Waals surface area contributed by atoms with Gasteiger partial charge in [-0.15, -0.1) is 0 Å². The molecule has 1 aromatic rings. The summed E-state index contributed by atoms with van der Waals surface area (Å²) < 4.78 is 5.46. The van der Waals surface area contributed by atoms with E-state index in [-0.39, 0.29) is 5.54 Å². The molecular formula is C17H24N2OS. The number of rotatable bonds is 4. The highest BCUT2D eigenvalue weighted by molar-refractivity contribution is 8.14. The van der Waals surface area contributed by atoms with Crippen LogP contribution >= 0.6 is 11.8 Å². The topological polar surface area (TPSA) is 33.6 Å². The Balaban J connectivity index is 1.49. The first-order valence-corrected chi connectivity index (χ1v) is 8.84. The molecule has 114 valence electrons. The van der Waals surface area contributed by atoms with Crippen LogP contribution in [0.3, 0.4) is 0 Å². The number of thioether (sulfide) groups is 1. The maximum absolute atomic E-state index is 5.46. The van der Waals surface area contributed by atoms with E-state index in [4.69, 9.17) is 9.73 Å². The van der Waals surface area contributed by atoms with Crippen LogP contribution in [0.4, 0.5) is 0 Å². The Hall–Kier alpha value is -1.00. The molecule has 2 fully saturated rings. The molecule has 2 heterocycles. The summed E-state index contributed by atoms with van der Waals surface area (Å²) in [6.45, 7) is 4.94. The second-order valence-electron chi connectivity index (χ2n) is 6.09. The van der Waals surface area contributed by atoms with Crippen molar-refractivity contribution in [3.63, 3.8) is 0 Å². The van der Waals surface area contributed by atoms with Crippen LogP contribution in [-0.2, 0) is 4.74 Å². The van der Waals surface area contributed by atoms with Gasteiger partial charge in [-0.3, -0.25) is 4.99 Å². The van der Waals surface area contributed by atoms with Gasteiger partial charge >= 0.3 is 0 Å². The largest absolute Gasteiger partial charge is 0.381 e. The van der Waals surface area contributed by atoms with Gasteiger partial charge in [-0.1, -0.05) is 49.0 Å². The fourth-order valence-electron chi connectivity index (χ4n) is 2.93. The van der Waals surface area contributed by atoms with Crippen molar-refractivity contribution in [2.45, 2.75) is 37.6 Å². The van der Waals surface area contributed by atoms with Crippen LogP contribution in [0.25, 0.3) is 0 Å². The number of aliphatic imine (C=N–C) groups is 1. The number of amidine groups is 1. The zero-order valence-corrected chi connectivity index (χ0v) is 13.5. The second-order valence-corrected chi connectivity index (χ2v) is 7.06. The van der Waals surface area contributed by atoms with Gasteiger partial charge in [0.2, 0.25) is 0 Å². The maximum Gasteiger partial charge on any atom is 0.157 e. The van der Waals surface area contributed by atoms with E-state index in [1.165, 1.54) is 5.56 Å². The first-order chi connectivity index (χ1) is 10.3. The summed E-state index contributed by atoms with van der Waals surface area (Å²) in [5, 5.41) is 4.79. The van der Waals surface area contributed by atoms with Crippen molar-refractivity contribution < 1.29 is 4.74 Å². The highest BCUT2D eigenvalue weighted by Gasteiger charge is 2.38. The molecule has 2 aliphatic rings. The fraction of sp³-hybridized carbons (Fsp3) is 0.588. The fourth-order valence-corrected chi connectivity index (χ4v) is 4.18. The molecule has 1 aromatic carbocycles. The van der Waals surface area contributed by atoms with Gasteiger partial charge in [-0.2, -0.15) is 0 Å². The van der Waals surface area contributed by atoms with Gasteiger partial charge in [0.25, 0.3) is 0 Å². The van der Waals surface area contributed by atoms with Crippen molar-refractivity contribution in [3.8, 4) is 0 Å². The van der Waals surface area contributed by atoms with Crippen LogP contribution in [-0.4, -0.2) is 36.2 Å². The van der Waals surface area contributed by atoms with Gasteiger partial charge < -0.3 is 10.1 Å². The third kappa shape index (κ3) is 3.80.